The number of ketones is 1. The zero-order valence-corrected chi connectivity index (χ0v) is 14.8. The summed E-state index contributed by atoms with van der Waals surface area (Å²) in [5.41, 5.74) is 0.624. The molecule has 0 heterocycles. The van der Waals surface area contributed by atoms with Gasteiger partial charge in [-0.05, 0) is 0 Å². The average Bonchev–Trinajstić information content (AvgIpc) is 2.55. The molecule has 0 aliphatic carbocycles. The number of ether oxygens (including phenoxy) is 1. The van der Waals surface area contributed by atoms with Gasteiger partial charge in [0.15, 0.2) is 5.78 Å². The summed E-state index contributed by atoms with van der Waals surface area (Å²) in [4.78, 5) is 12.1. The molecule has 0 radical (unpaired) electrons. The third-order valence-electron chi connectivity index (χ3n) is 3.54. The second-order valence-electron chi connectivity index (χ2n) is 5.06. The van der Waals surface area contributed by atoms with Crippen molar-refractivity contribution in [2.75, 3.05) is 26.0 Å². The zero-order chi connectivity index (χ0) is 17.3. The van der Waals surface area contributed by atoms with E-state index in [0.29, 0.717) is 18.7 Å². The predicted octanol–water partition coefficient (Wildman–Crippen LogP) is 2.50. The van der Waals surface area contributed by atoms with Crippen LogP contribution in [0, 0.1) is 0 Å². The van der Waals surface area contributed by atoms with Crippen LogP contribution in [0.1, 0.15) is 30.6 Å². The van der Waals surface area contributed by atoms with Crippen LogP contribution in [0.4, 0.5) is 0 Å². The fourth-order valence-corrected chi connectivity index (χ4v) is 3.56. The minimum Gasteiger partial charge on any atom is -0.377 e. The molecule has 0 aliphatic heterocycles. The maximum atomic E-state index is 12.1. The Labute approximate surface area is 139 Å². The smallest absolute Gasteiger partial charge is 0.217 e. The molecule has 0 N–H and O–H groups in total. The summed E-state index contributed by atoms with van der Waals surface area (Å²) in [6.45, 7) is 4.52. The Kier molecular flexibility index (Phi) is 8.16. The highest BCUT2D eigenvalue weighted by Gasteiger charge is 2.17. The third kappa shape index (κ3) is 6.25. The topological polar surface area (TPSA) is 63.7 Å². The largest absolute Gasteiger partial charge is 0.377 e. The molecule has 5 nitrogen and oxygen atoms in total. The molecule has 1 aromatic rings. The summed E-state index contributed by atoms with van der Waals surface area (Å²) >= 11 is 0. The monoisotopic (exact) mass is 339 g/mol. The van der Waals surface area contributed by atoms with Gasteiger partial charge in [-0.25, -0.2) is 12.7 Å². The summed E-state index contributed by atoms with van der Waals surface area (Å²) in [5, 5.41) is 0. The van der Waals surface area contributed by atoms with E-state index in [4.69, 9.17) is 4.74 Å². The van der Waals surface area contributed by atoms with E-state index in [1.54, 1.807) is 38.1 Å². The van der Waals surface area contributed by atoms with E-state index in [0.717, 1.165) is 0 Å². The summed E-state index contributed by atoms with van der Waals surface area (Å²) < 4.78 is 30.8. The maximum absolute atomic E-state index is 12.1. The van der Waals surface area contributed by atoms with Crippen molar-refractivity contribution in [1.82, 2.24) is 4.31 Å². The summed E-state index contributed by atoms with van der Waals surface area (Å²) in [5.74, 6) is -0.123. The van der Waals surface area contributed by atoms with Gasteiger partial charge in [-0.2, -0.15) is 0 Å². The van der Waals surface area contributed by atoms with Crippen LogP contribution in [0.25, 0.3) is 0 Å². The van der Waals surface area contributed by atoms with Gasteiger partial charge in [0.2, 0.25) is 10.0 Å². The first-order chi connectivity index (χ1) is 10.9. The normalized spacial score (nSPS) is 13.6. The summed E-state index contributed by atoms with van der Waals surface area (Å²) in [6, 6.07) is 8.97. The fourth-order valence-electron chi connectivity index (χ4n) is 2.21. The van der Waals surface area contributed by atoms with Gasteiger partial charge in [0.25, 0.3) is 0 Å². The average molecular weight is 339 g/mol. The lowest BCUT2D eigenvalue weighted by molar-refractivity contribution is 0.0852. The molecule has 6 heteroatoms. The first-order valence-electron chi connectivity index (χ1n) is 7.70. The minimum atomic E-state index is -3.30. The summed E-state index contributed by atoms with van der Waals surface area (Å²) in [7, 11) is -1.79. The Bertz CT molecular complexity index is 607. The maximum Gasteiger partial charge on any atom is 0.217 e. The quantitative estimate of drug-likeness (QED) is 0.485. The molecule has 0 aliphatic rings. The van der Waals surface area contributed by atoms with E-state index in [1.165, 1.54) is 11.4 Å². The van der Waals surface area contributed by atoms with Gasteiger partial charge < -0.3 is 4.74 Å². The van der Waals surface area contributed by atoms with Gasteiger partial charge in [-0.1, -0.05) is 56.3 Å². The van der Waals surface area contributed by atoms with Crippen molar-refractivity contribution in [2.24, 2.45) is 0 Å². The number of carbonyl (C=O) groups is 1. The number of sulfonamides is 1. The van der Waals surface area contributed by atoms with Crippen molar-refractivity contribution < 1.29 is 17.9 Å². The van der Waals surface area contributed by atoms with Gasteiger partial charge in [0.1, 0.15) is 0 Å². The van der Waals surface area contributed by atoms with Crippen molar-refractivity contribution in [3.63, 3.8) is 0 Å². The lowest BCUT2D eigenvalue weighted by Crippen LogP contribution is -2.32. The van der Waals surface area contributed by atoms with Crippen LogP contribution >= 0.6 is 0 Å². The molecule has 128 valence electrons. The van der Waals surface area contributed by atoms with Crippen LogP contribution in [0.2, 0.25) is 0 Å². The first kappa shape index (κ1) is 19.5. The van der Waals surface area contributed by atoms with Gasteiger partial charge in [-0.3, -0.25) is 4.79 Å². The molecule has 1 aromatic carbocycles. The molecule has 0 saturated heterocycles. The number of rotatable bonds is 10. The highest BCUT2D eigenvalue weighted by molar-refractivity contribution is 7.89. The van der Waals surface area contributed by atoms with E-state index in [2.05, 4.69) is 0 Å². The second-order valence-corrected chi connectivity index (χ2v) is 7.07. The molecule has 0 amide bonds. The van der Waals surface area contributed by atoms with Crippen molar-refractivity contribution >= 4 is 15.8 Å². The Morgan fingerprint density at radius 2 is 1.83 bits per heavy atom. The van der Waals surface area contributed by atoms with Crippen molar-refractivity contribution in [2.45, 2.75) is 26.4 Å². The SMILES string of the molecule is CCN(CC)S(=O)(=O)C/C=C\[C@@H](CC(=O)c1ccccc1)OC. The van der Waals surface area contributed by atoms with Gasteiger partial charge >= 0.3 is 0 Å². The lowest BCUT2D eigenvalue weighted by Gasteiger charge is -2.17. The third-order valence-corrected chi connectivity index (χ3v) is 5.46. The number of hydrogen-bond acceptors (Lipinski definition) is 4. The zero-order valence-electron chi connectivity index (χ0n) is 13.9. The van der Waals surface area contributed by atoms with Crippen LogP contribution in [-0.4, -0.2) is 50.6 Å². The standard InChI is InChI=1S/C17H25NO4S/c1-4-18(5-2)23(20,21)13-9-12-16(22-3)14-17(19)15-10-7-6-8-11-15/h6-12,16H,4-5,13-14H2,1-3H3/b12-9-/t16-/m0/s1. The molecular formula is C17H25NO4S. The Hall–Kier alpha value is -1.50. The van der Waals surface area contributed by atoms with Crippen LogP contribution in [0.5, 0.6) is 0 Å². The highest BCUT2D eigenvalue weighted by atomic mass is 32.2. The van der Waals surface area contributed by atoms with Crippen molar-refractivity contribution in [3.05, 3.63) is 48.0 Å². The Morgan fingerprint density at radius 3 is 2.35 bits per heavy atom. The molecule has 0 saturated carbocycles. The van der Waals surface area contributed by atoms with E-state index >= 15 is 0 Å². The van der Waals surface area contributed by atoms with Gasteiger partial charge in [0.05, 0.1) is 11.9 Å². The van der Waals surface area contributed by atoms with E-state index in [-0.39, 0.29) is 18.0 Å². The Balaban J connectivity index is 2.64. The molecule has 23 heavy (non-hydrogen) atoms. The van der Waals surface area contributed by atoms with Crippen LogP contribution in [-0.2, 0) is 14.8 Å². The molecule has 0 fully saturated rings. The number of benzene rings is 1. The van der Waals surface area contributed by atoms with Crippen LogP contribution in [0.3, 0.4) is 0 Å². The second kappa shape index (κ2) is 9.60. The lowest BCUT2D eigenvalue weighted by atomic mass is 10.1. The molecule has 1 rings (SSSR count). The minimum absolute atomic E-state index is 0.0336. The fraction of sp³-hybridized carbons (Fsp3) is 0.471. The van der Waals surface area contributed by atoms with E-state index in [9.17, 15) is 13.2 Å². The molecule has 0 unspecified atom stereocenters. The molecular weight excluding hydrogens is 314 g/mol. The van der Waals surface area contributed by atoms with Gasteiger partial charge in [0, 0.05) is 32.2 Å². The number of hydrogen-bond donors (Lipinski definition) is 0. The highest BCUT2D eigenvalue weighted by Crippen LogP contribution is 2.09. The number of nitrogens with zero attached hydrogens (tertiary/aromatic N) is 1. The number of carbonyl (C=O) groups excluding carboxylic acids is 1. The first-order valence-corrected chi connectivity index (χ1v) is 9.31. The number of Topliss-reactive ketones (excluding diaryl/α,β-unsaturated/α-hetero) is 1. The van der Waals surface area contributed by atoms with Crippen LogP contribution < -0.4 is 0 Å². The van der Waals surface area contributed by atoms with Gasteiger partial charge in [-0.15, -0.1) is 0 Å². The predicted molar refractivity (Wildman–Crippen MR) is 92.0 cm³/mol. The molecule has 0 bridgehead atoms. The molecule has 1 atom stereocenters. The van der Waals surface area contributed by atoms with Crippen LogP contribution in [0.15, 0.2) is 42.5 Å². The molecule has 0 aromatic heterocycles. The molecule has 0 spiro atoms. The number of methoxy groups -OCH3 is 1. The van der Waals surface area contributed by atoms with E-state index < -0.39 is 16.1 Å². The Morgan fingerprint density at radius 1 is 1.22 bits per heavy atom. The van der Waals surface area contributed by atoms with E-state index in [1.807, 2.05) is 18.2 Å². The van der Waals surface area contributed by atoms with Crippen molar-refractivity contribution in [3.8, 4) is 0 Å². The van der Waals surface area contributed by atoms with Crippen molar-refractivity contribution in [1.29, 1.82) is 0 Å². The summed E-state index contributed by atoms with van der Waals surface area (Å²) in [6.07, 6.45) is 2.94.